The van der Waals surface area contributed by atoms with Crippen LogP contribution in [0.1, 0.15) is 12.8 Å². The molecule has 0 amide bonds. The van der Waals surface area contributed by atoms with Gasteiger partial charge in [0.1, 0.15) is 5.82 Å². The van der Waals surface area contributed by atoms with E-state index in [9.17, 15) is 0 Å². The lowest BCUT2D eigenvalue weighted by atomic mass is 10.4. The van der Waals surface area contributed by atoms with Crippen LogP contribution in [0.4, 0.5) is 5.82 Å². The van der Waals surface area contributed by atoms with Crippen molar-refractivity contribution in [3.05, 3.63) is 12.4 Å². The van der Waals surface area contributed by atoms with Gasteiger partial charge in [-0.3, -0.25) is 4.98 Å². The summed E-state index contributed by atoms with van der Waals surface area (Å²) in [6, 6.07) is 0. The number of nitrogens with one attached hydrogen (secondary N) is 1. The Morgan fingerprint density at radius 3 is 3.12 bits per heavy atom. The molecular weight excluding hydrogens is 224 g/mol. The number of fused-ring (bicyclic) bond motifs is 1. The minimum atomic E-state index is 0.413. The Hall–Kier alpha value is -1.37. The van der Waals surface area contributed by atoms with Crippen LogP contribution >= 0.6 is 11.8 Å². The number of rotatable bonds is 4. The monoisotopic (exact) mass is 236 g/mol. The van der Waals surface area contributed by atoms with Crippen LogP contribution in [0.5, 0.6) is 0 Å². The molecule has 0 unspecified atom stereocenters. The van der Waals surface area contributed by atoms with Crippen LogP contribution in [0.2, 0.25) is 0 Å². The normalized spacial score (nSPS) is 17.6. The lowest BCUT2D eigenvalue weighted by Crippen LogP contribution is -2.19. The summed E-state index contributed by atoms with van der Waals surface area (Å²) in [6.45, 7) is 0.939. The minimum absolute atomic E-state index is 0.413. The number of hydrogen-bond acceptors (Lipinski definition) is 6. The molecule has 2 aromatic rings. The summed E-state index contributed by atoms with van der Waals surface area (Å²) < 4.78 is 2.08. The van der Waals surface area contributed by atoms with Crippen LogP contribution in [0.3, 0.4) is 0 Å². The third-order valence-corrected chi connectivity index (χ3v) is 4.36. The van der Waals surface area contributed by atoms with Gasteiger partial charge in [0, 0.05) is 11.3 Å². The van der Waals surface area contributed by atoms with Gasteiger partial charge >= 0.3 is 0 Å². The molecule has 6 nitrogen and oxygen atoms in total. The van der Waals surface area contributed by atoms with Gasteiger partial charge in [0.2, 0.25) is 0 Å². The smallest absolute Gasteiger partial charge is 0.199 e. The second-order valence-corrected chi connectivity index (χ2v) is 5.26. The quantitative estimate of drug-likeness (QED) is 0.848. The van der Waals surface area contributed by atoms with Crippen molar-refractivity contribution in [1.82, 2.24) is 25.0 Å². The van der Waals surface area contributed by atoms with E-state index in [2.05, 4.69) is 32.1 Å². The van der Waals surface area contributed by atoms with E-state index < -0.39 is 0 Å². The average molecular weight is 236 g/mol. The summed E-state index contributed by atoms with van der Waals surface area (Å²) in [4.78, 5) is 4.10. The van der Waals surface area contributed by atoms with Crippen LogP contribution in [0.15, 0.2) is 12.4 Å². The molecule has 0 spiro atoms. The van der Waals surface area contributed by atoms with Crippen molar-refractivity contribution in [2.45, 2.75) is 17.6 Å². The molecule has 1 aliphatic carbocycles. The van der Waals surface area contributed by atoms with Gasteiger partial charge in [0.25, 0.3) is 0 Å². The van der Waals surface area contributed by atoms with Crippen LogP contribution < -0.4 is 5.32 Å². The van der Waals surface area contributed by atoms with Gasteiger partial charge in [0.05, 0.1) is 12.4 Å². The van der Waals surface area contributed by atoms with E-state index in [1.165, 1.54) is 12.8 Å². The lowest BCUT2D eigenvalue weighted by molar-refractivity contribution is 0.814. The van der Waals surface area contributed by atoms with Crippen LogP contribution in [0.25, 0.3) is 5.65 Å². The van der Waals surface area contributed by atoms with Crippen molar-refractivity contribution < 1.29 is 0 Å². The molecule has 3 rings (SSSR count). The van der Waals surface area contributed by atoms with Crippen molar-refractivity contribution >= 4 is 23.2 Å². The van der Waals surface area contributed by atoms with Crippen molar-refractivity contribution in [3.63, 3.8) is 0 Å². The Morgan fingerprint density at radius 2 is 2.38 bits per heavy atom. The average Bonchev–Trinajstić information content (AvgIpc) is 2.94. The summed E-state index contributed by atoms with van der Waals surface area (Å²) in [5.41, 5.74) is 0.666. The molecule has 84 valence electrons. The summed E-state index contributed by atoms with van der Waals surface area (Å²) in [5, 5.41) is 14.8. The SMILES string of the molecule is CSC1(CNc2cncc3nnnn23)CC1. The zero-order valence-electron chi connectivity index (χ0n) is 8.92. The molecule has 0 saturated heterocycles. The van der Waals surface area contributed by atoms with Crippen molar-refractivity contribution in [3.8, 4) is 0 Å². The Bertz CT molecular complexity index is 505. The molecule has 1 aliphatic rings. The van der Waals surface area contributed by atoms with Gasteiger partial charge in [-0.25, -0.2) is 0 Å². The summed E-state index contributed by atoms with van der Waals surface area (Å²) >= 11 is 1.92. The Morgan fingerprint density at radius 1 is 1.50 bits per heavy atom. The van der Waals surface area contributed by atoms with E-state index in [1.807, 2.05) is 11.8 Å². The first-order valence-electron chi connectivity index (χ1n) is 5.14. The number of aromatic nitrogens is 5. The molecule has 1 saturated carbocycles. The fourth-order valence-electron chi connectivity index (χ4n) is 1.64. The molecule has 1 fully saturated rings. The second-order valence-electron chi connectivity index (χ2n) is 3.98. The first-order valence-corrected chi connectivity index (χ1v) is 6.37. The molecule has 2 heterocycles. The lowest BCUT2D eigenvalue weighted by Gasteiger charge is -2.13. The number of hydrogen-bond donors (Lipinski definition) is 1. The molecule has 1 N–H and O–H groups in total. The summed E-state index contributed by atoms with van der Waals surface area (Å²) in [7, 11) is 0. The van der Waals surface area contributed by atoms with Gasteiger partial charge in [-0.05, 0) is 29.5 Å². The number of tetrazole rings is 1. The van der Waals surface area contributed by atoms with Gasteiger partial charge in [-0.15, -0.1) is 5.10 Å². The third kappa shape index (κ3) is 1.60. The van der Waals surface area contributed by atoms with Crippen molar-refractivity contribution in [2.24, 2.45) is 0 Å². The van der Waals surface area contributed by atoms with Crippen molar-refractivity contribution in [2.75, 3.05) is 18.1 Å². The maximum atomic E-state index is 4.10. The van der Waals surface area contributed by atoms with Gasteiger partial charge < -0.3 is 5.32 Å². The summed E-state index contributed by atoms with van der Waals surface area (Å²) in [5.74, 6) is 0.850. The Balaban J connectivity index is 1.81. The molecule has 0 aliphatic heterocycles. The molecule has 0 radical (unpaired) electrons. The van der Waals surface area contributed by atoms with Gasteiger partial charge in [-0.2, -0.15) is 16.3 Å². The maximum absolute atomic E-state index is 4.10. The number of thioether (sulfide) groups is 1. The third-order valence-electron chi connectivity index (χ3n) is 2.94. The Kier molecular flexibility index (Phi) is 2.20. The van der Waals surface area contributed by atoms with E-state index >= 15 is 0 Å². The number of nitrogens with zero attached hydrogens (tertiary/aromatic N) is 5. The largest absolute Gasteiger partial charge is 0.367 e. The van der Waals surface area contributed by atoms with Crippen LogP contribution in [0, 0.1) is 0 Å². The van der Waals surface area contributed by atoms with E-state index in [-0.39, 0.29) is 0 Å². The van der Waals surface area contributed by atoms with E-state index in [0.717, 1.165) is 12.4 Å². The maximum Gasteiger partial charge on any atom is 0.199 e. The summed E-state index contributed by atoms with van der Waals surface area (Å²) in [6.07, 6.45) is 8.11. The van der Waals surface area contributed by atoms with Crippen molar-refractivity contribution in [1.29, 1.82) is 0 Å². The first kappa shape index (κ1) is 9.83. The van der Waals surface area contributed by atoms with E-state index in [0.29, 0.717) is 10.4 Å². The molecule has 7 heteroatoms. The highest BCUT2D eigenvalue weighted by atomic mass is 32.2. The molecular formula is C9H12N6S. The minimum Gasteiger partial charge on any atom is -0.367 e. The standard InChI is InChI=1S/C9H12N6S/c1-16-9(2-3-9)6-11-7-4-10-5-8-12-13-14-15(7)8/h4-5,11H,2-3,6H2,1H3. The van der Waals surface area contributed by atoms with Crippen LogP contribution in [-0.2, 0) is 0 Å². The molecule has 0 bridgehead atoms. The molecule has 2 aromatic heterocycles. The number of anilines is 1. The zero-order valence-corrected chi connectivity index (χ0v) is 9.74. The van der Waals surface area contributed by atoms with Gasteiger partial charge in [-0.1, -0.05) is 0 Å². The van der Waals surface area contributed by atoms with Gasteiger partial charge in [0.15, 0.2) is 5.65 Å². The molecule has 0 aromatic carbocycles. The fraction of sp³-hybridized carbons (Fsp3) is 0.556. The predicted octanol–water partition coefficient (Wildman–Crippen LogP) is 0.827. The highest BCUT2D eigenvalue weighted by molar-refractivity contribution is 8.00. The van der Waals surface area contributed by atoms with Crippen LogP contribution in [-0.4, -0.2) is 42.6 Å². The highest BCUT2D eigenvalue weighted by Crippen LogP contribution is 2.46. The van der Waals surface area contributed by atoms with E-state index in [4.69, 9.17) is 0 Å². The highest BCUT2D eigenvalue weighted by Gasteiger charge is 2.41. The second kappa shape index (κ2) is 3.58. The Labute approximate surface area is 96.8 Å². The zero-order chi connectivity index (χ0) is 11.0. The first-order chi connectivity index (χ1) is 7.83. The predicted molar refractivity (Wildman–Crippen MR) is 62.5 cm³/mol. The fourth-order valence-corrected chi connectivity index (χ4v) is 2.37. The molecule has 0 atom stereocenters. The van der Waals surface area contributed by atoms with E-state index in [1.54, 1.807) is 16.9 Å². The topological polar surface area (TPSA) is 68.0 Å². The molecule has 16 heavy (non-hydrogen) atoms.